The van der Waals surface area contributed by atoms with Crippen LogP contribution >= 0.6 is 0 Å². The molecule has 0 aliphatic carbocycles. The maximum atomic E-state index is 12.8. The highest BCUT2D eigenvalue weighted by molar-refractivity contribution is 5.95. The van der Waals surface area contributed by atoms with Crippen molar-refractivity contribution in [2.24, 2.45) is 0 Å². The van der Waals surface area contributed by atoms with Crippen molar-refractivity contribution in [1.82, 2.24) is 4.90 Å². The van der Waals surface area contributed by atoms with E-state index in [0.29, 0.717) is 11.7 Å². The first-order chi connectivity index (χ1) is 13.0. The predicted octanol–water partition coefficient (Wildman–Crippen LogP) is 3.66. The molecule has 0 aromatic heterocycles. The van der Waals surface area contributed by atoms with Gasteiger partial charge in [0.15, 0.2) is 0 Å². The number of aromatic hydroxyl groups is 1. The van der Waals surface area contributed by atoms with E-state index in [-0.39, 0.29) is 11.9 Å². The van der Waals surface area contributed by atoms with Gasteiger partial charge in [0.05, 0.1) is 11.7 Å². The minimum Gasteiger partial charge on any atom is -0.506 e. The minimum atomic E-state index is -0.197. The van der Waals surface area contributed by atoms with Crippen LogP contribution in [-0.2, 0) is 4.79 Å². The average molecular weight is 367 g/mol. The van der Waals surface area contributed by atoms with E-state index in [9.17, 15) is 9.90 Å². The largest absolute Gasteiger partial charge is 0.506 e. The molecule has 27 heavy (non-hydrogen) atoms. The molecule has 0 bridgehead atoms. The molecule has 1 aliphatic heterocycles. The topological polar surface area (TPSA) is 55.8 Å². The van der Waals surface area contributed by atoms with Gasteiger partial charge in [0, 0.05) is 31.9 Å². The number of phenolic OH excluding ortho intramolecular Hbond substituents is 1. The van der Waals surface area contributed by atoms with E-state index in [1.54, 1.807) is 6.07 Å². The first-order valence-corrected chi connectivity index (χ1v) is 9.64. The Morgan fingerprint density at radius 1 is 0.963 bits per heavy atom. The predicted molar refractivity (Wildman–Crippen MR) is 111 cm³/mol. The number of benzene rings is 2. The molecular formula is C22H29N3O2. The average Bonchev–Trinajstić information content (AvgIpc) is 2.68. The Balaban J connectivity index is 1.60. The molecule has 5 heteroatoms. The van der Waals surface area contributed by atoms with E-state index in [1.165, 1.54) is 0 Å². The van der Waals surface area contributed by atoms with Crippen molar-refractivity contribution in [2.45, 2.75) is 32.7 Å². The van der Waals surface area contributed by atoms with Crippen molar-refractivity contribution in [3.8, 4) is 5.75 Å². The van der Waals surface area contributed by atoms with Gasteiger partial charge < -0.3 is 15.3 Å². The lowest BCUT2D eigenvalue weighted by Crippen LogP contribution is -2.52. The quantitative estimate of drug-likeness (QED) is 0.847. The fraction of sp³-hybridized carbons (Fsp3) is 0.409. The summed E-state index contributed by atoms with van der Waals surface area (Å²) < 4.78 is 0. The second-order valence-electron chi connectivity index (χ2n) is 7.42. The monoisotopic (exact) mass is 367 g/mol. The highest BCUT2D eigenvalue weighted by atomic mass is 16.3. The maximum Gasteiger partial charge on any atom is 0.241 e. The van der Waals surface area contributed by atoms with Crippen molar-refractivity contribution < 1.29 is 9.90 Å². The van der Waals surface area contributed by atoms with E-state index < -0.39 is 0 Å². The second-order valence-corrected chi connectivity index (χ2v) is 7.42. The van der Waals surface area contributed by atoms with Crippen molar-refractivity contribution in [3.05, 3.63) is 54.1 Å². The molecule has 1 heterocycles. The third-order valence-electron chi connectivity index (χ3n) is 5.30. The summed E-state index contributed by atoms with van der Waals surface area (Å²) in [5, 5.41) is 13.1. The normalized spacial score (nSPS) is 16.4. The standard InChI is InChI=1S/C22H29N3O2/c1-16(2)18-8-4-5-9-19(18)23-22(27)17(3)24-12-14-25(15-13-24)20-10-6-7-11-21(20)26/h4-11,16-17,26H,12-15H2,1-3H3,(H,23,27). The molecule has 1 amide bonds. The van der Waals surface area contributed by atoms with E-state index in [2.05, 4.69) is 35.0 Å². The lowest BCUT2D eigenvalue weighted by molar-refractivity contribution is -0.120. The van der Waals surface area contributed by atoms with Crippen molar-refractivity contribution in [3.63, 3.8) is 0 Å². The molecule has 3 rings (SSSR count). The van der Waals surface area contributed by atoms with Crippen LogP contribution < -0.4 is 10.2 Å². The Morgan fingerprint density at radius 3 is 2.26 bits per heavy atom. The van der Waals surface area contributed by atoms with Crippen LogP contribution in [-0.4, -0.2) is 48.1 Å². The van der Waals surface area contributed by atoms with Crippen LogP contribution in [0.5, 0.6) is 5.75 Å². The third kappa shape index (κ3) is 4.42. The maximum absolute atomic E-state index is 12.8. The number of amides is 1. The number of nitrogens with zero attached hydrogens (tertiary/aromatic N) is 2. The second kappa shape index (κ2) is 8.44. The summed E-state index contributed by atoms with van der Waals surface area (Å²) in [6.07, 6.45) is 0. The first kappa shape index (κ1) is 19.2. The molecule has 2 N–H and O–H groups in total. The van der Waals surface area contributed by atoms with Gasteiger partial charge >= 0.3 is 0 Å². The van der Waals surface area contributed by atoms with Gasteiger partial charge in [-0.25, -0.2) is 0 Å². The van der Waals surface area contributed by atoms with Gasteiger partial charge in [-0.15, -0.1) is 0 Å². The van der Waals surface area contributed by atoms with Crippen LogP contribution in [0.2, 0.25) is 0 Å². The van der Waals surface area contributed by atoms with Crippen LogP contribution in [0.15, 0.2) is 48.5 Å². The fourth-order valence-electron chi connectivity index (χ4n) is 3.60. The number of para-hydroxylation sites is 3. The number of piperazine rings is 1. The Hall–Kier alpha value is -2.53. The van der Waals surface area contributed by atoms with Gasteiger partial charge in [0.2, 0.25) is 5.91 Å². The number of hydrogen-bond acceptors (Lipinski definition) is 4. The van der Waals surface area contributed by atoms with E-state index in [1.807, 2.05) is 43.3 Å². The SMILES string of the molecule is CC(C)c1ccccc1NC(=O)C(C)N1CCN(c2ccccc2O)CC1. The number of anilines is 2. The molecule has 1 unspecified atom stereocenters. The van der Waals surface area contributed by atoms with Crippen molar-refractivity contribution >= 4 is 17.3 Å². The van der Waals surface area contributed by atoms with Gasteiger partial charge in [-0.3, -0.25) is 9.69 Å². The summed E-state index contributed by atoms with van der Waals surface area (Å²) in [4.78, 5) is 17.2. The molecule has 0 spiro atoms. The Kier molecular flexibility index (Phi) is 6.01. The molecule has 144 valence electrons. The number of phenols is 1. The smallest absolute Gasteiger partial charge is 0.241 e. The molecule has 1 saturated heterocycles. The number of nitrogens with one attached hydrogen (secondary N) is 1. The minimum absolute atomic E-state index is 0.0270. The van der Waals surface area contributed by atoms with E-state index >= 15 is 0 Å². The number of hydrogen-bond donors (Lipinski definition) is 2. The number of carbonyl (C=O) groups is 1. The molecular weight excluding hydrogens is 338 g/mol. The van der Waals surface area contributed by atoms with Crippen LogP contribution in [0.3, 0.4) is 0 Å². The lowest BCUT2D eigenvalue weighted by Gasteiger charge is -2.38. The summed E-state index contributed by atoms with van der Waals surface area (Å²) in [7, 11) is 0. The highest BCUT2D eigenvalue weighted by Gasteiger charge is 2.26. The zero-order chi connectivity index (χ0) is 19.4. The molecule has 2 aromatic carbocycles. The molecule has 2 aromatic rings. The van der Waals surface area contributed by atoms with Crippen molar-refractivity contribution in [2.75, 3.05) is 36.4 Å². The van der Waals surface area contributed by atoms with E-state index in [0.717, 1.165) is 43.1 Å². The fourth-order valence-corrected chi connectivity index (χ4v) is 3.60. The zero-order valence-corrected chi connectivity index (χ0v) is 16.4. The van der Waals surface area contributed by atoms with Crippen LogP contribution in [0.4, 0.5) is 11.4 Å². The summed E-state index contributed by atoms with van der Waals surface area (Å²) in [5.74, 6) is 0.694. The zero-order valence-electron chi connectivity index (χ0n) is 16.4. The molecule has 0 radical (unpaired) electrons. The van der Waals surface area contributed by atoms with Gasteiger partial charge in [0.25, 0.3) is 0 Å². The molecule has 0 saturated carbocycles. The Morgan fingerprint density at radius 2 is 1.59 bits per heavy atom. The molecule has 1 aliphatic rings. The van der Waals surface area contributed by atoms with Crippen LogP contribution in [0.25, 0.3) is 0 Å². The number of rotatable bonds is 5. The van der Waals surface area contributed by atoms with Gasteiger partial charge in [-0.2, -0.15) is 0 Å². The molecule has 5 nitrogen and oxygen atoms in total. The lowest BCUT2D eigenvalue weighted by atomic mass is 10.0. The Bertz CT molecular complexity index is 783. The summed E-state index contributed by atoms with van der Waals surface area (Å²) in [6, 6.07) is 15.2. The first-order valence-electron chi connectivity index (χ1n) is 9.64. The summed E-state index contributed by atoms with van der Waals surface area (Å²) in [6.45, 7) is 9.38. The van der Waals surface area contributed by atoms with Gasteiger partial charge in [-0.1, -0.05) is 44.2 Å². The molecule has 1 fully saturated rings. The Labute approximate surface area is 161 Å². The van der Waals surface area contributed by atoms with Crippen LogP contribution in [0, 0.1) is 0 Å². The molecule has 1 atom stereocenters. The van der Waals surface area contributed by atoms with Crippen LogP contribution in [0.1, 0.15) is 32.3 Å². The number of carbonyl (C=O) groups excluding carboxylic acids is 1. The van der Waals surface area contributed by atoms with Gasteiger partial charge in [-0.05, 0) is 36.6 Å². The third-order valence-corrected chi connectivity index (χ3v) is 5.30. The van der Waals surface area contributed by atoms with Crippen molar-refractivity contribution in [1.29, 1.82) is 0 Å². The summed E-state index contributed by atoms with van der Waals surface area (Å²) >= 11 is 0. The van der Waals surface area contributed by atoms with Gasteiger partial charge in [0.1, 0.15) is 5.75 Å². The summed E-state index contributed by atoms with van der Waals surface area (Å²) in [5.41, 5.74) is 2.92. The highest BCUT2D eigenvalue weighted by Crippen LogP contribution is 2.28. The van der Waals surface area contributed by atoms with E-state index in [4.69, 9.17) is 0 Å².